The summed E-state index contributed by atoms with van der Waals surface area (Å²) in [4.78, 5) is 0.563. The number of aromatic nitrogens is 1. The summed E-state index contributed by atoms with van der Waals surface area (Å²) in [6.07, 6.45) is 2.03. The van der Waals surface area contributed by atoms with Crippen LogP contribution < -0.4 is 4.46 Å². The number of aryl methyl sites for hydroxylation is 3. The van der Waals surface area contributed by atoms with E-state index in [0.29, 0.717) is 24.3 Å². The Morgan fingerprint density at radius 2 is 1.31 bits per heavy atom. The van der Waals surface area contributed by atoms with Gasteiger partial charge in [0.1, 0.15) is 0 Å². The number of hydrogen-bond donors (Lipinski definition) is 0. The Hall–Kier alpha value is -3.42. The van der Waals surface area contributed by atoms with Crippen molar-refractivity contribution < 1.29 is 16.8 Å². The number of unbranched alkanes of at least 4 members (excludes halogenated alkanes) is 1. The van der Waals surface area contributed by atoms with Crippen LogP contribution in [0.4, 0.5) is 0 Å². The van der Waals surface area contributed by atoms with E-state index in [1.165, 1.54) is 5.41 Å². The molecule has 4 aromatic carbocycles. The second-order valence-corrected chi connectivity index (χ2v) is 16.5. The zero-order valence-corrected chi connectivity index (χ0v) is 26.9. The molecule has 0 unspecified atom stereocenters. The van der Waals surface area contributed by atoms with E-state index in [0.717, 1.165) is 37.4 Å². The average Bonchev–Trinajstić information content (AvgIpc) is 3.35. The van der Waals surface area contributed by atoms with E-state index in [4.69, 9.17) is 0 Å². The van der Waals surface area contributed by atoms with Crippen LogP contribution in [0.5, 0.6) is 0 Å². The molecular formula is C34H33NO4S2Se. The molecule has 5 rings (SSSR count). The van der Waals surface area contributed by atoms with Crippen LogP contribution in [0, 0.1) is 13.8 Å². The first-order valence-corrected chi connectivity index (χ1v) is 18.5. The first-order chi connectivity index (χ1) is 20.1. The molecule has 0 aliphatic rings. The molecule has 0 saturated carbocycles. The van der Waals surface area contributed by atoms with Gasteiger partial charge in [0.15, 0.2) is 0 Å². The third-order valence-electron chi connectivity index (χ3n) is 7.06. The molecule has 0 saturated heterocycles. The Labute approximate surface area is 254 Å². The van der Waals surface area contributed by atoms with Crippen molar-refractivity contribution >= 4 is 50.0 Å². The van der Waals surface area contributed by atoms with Gasteiger partial charge in [-0.05, 0) is 6.92 Å². The van der Waals surface area contributed by atoms with Gasteiger partial charge in [-0.2, -0.15) is 0 Å². The van der Waals surface area contributed by atoms with E-state index in [1.54, 1.807) is 30.3 Å². The fraction of sp³-hybridized carbons (Fsp3) is 0.176. The zero-order chi connectivity index (χ0) is 29.7. The fourth-order valence-electron chi connectivity index (χ4n) is 4.79. The van der Waals surface area contributed by atoms with E-state index in [2.05, 4.69) is 0 Å². The van der Waals surface area contributed by atoms with Crippen LogP contribution in [0.15, 0.2) is 134 Å². The molecule has 0 bridgehead atoms. The molecule has 216 valence electrons. The molecule has 42 heavy (non-hydrogen) atoms. The molecule has 1 aromatic heterocycles. The molecule has 0 spiro atoms. The molecule has 0 fully saturated rings. The van der Waals surface area contributed by atoms with Crippen LogP contribution in [0.25, 0.3) is 10.9 Å². The van der Waals surface area contributed by atoms with E-state index in [1.807, 2.05) is 97.3 Å². The standard InChI is InChI=1S/C34H33NO4S2Se/c1-26-15-19-29(20-16-26)40(36,37)25-32(42-31-11-4-3-5-12-31)13-8-9-23-35-33-14-7-6-10-28(33)24-34(35)41(38,39)30-21-17-27(2)18-22-30/h3-7,10-12,14-22,24-25H,8-9,13,23H2,1-2H3/b32-25-. The molecule has 0 amide bonds. The monoisotopic (exact) mass is 663 g/mol. The van der Waals surface area contributed by atoms with E-state index < -0.39 is 19.7 Å². The summed E-state index contributed by atoms with van der Waals surface area (Å²) in [5.41, 5.74) is 2.88. The van der Waals surface area contributed by atoms with Crippen molar-refractivity contribution in [2.45, 2.75) is 54.5 Å². The predicted molar refractivity (Wildman–Crippen MR) is 171 cm³/mol. The molecule has 0 N–H and O–H groups in total. The first-order valence-electron chi connectivity index (χ1n) is 13.8. The van der Waals surface area contributed by atoms with Crippen molar-refractivity contribution in [3.63, 3.8) is 0 Å². The van der Waals surface area contributed by atoms with Gasteiger partial charge in [-0.3, -0.25) is 0 Å². The molecular weight excluding hydrogens is 629 g/mol. The number of allylic oxidation sites excluding steroid dienone is 1. The zero-order valence-electron chi connectivity index (χ0n) is 23.6. The van der Waals surface area contributed by atoms with Crippen molar-refractivity contribution in [2.75, 3.05) is 0 Å². The van der Waals surface area contributed by atoms with Crippen LogP contribution in [0.3, 0.4) is 0 Å². The van der Waals surface area contributed by atoms with Gasteiger partial charge in [0.25, 0.3) is 0 Å². The Kier molecular flexibility index (Phi) is 9.19. The molecule has 0 aliphatic carbocycles. The summed E-state index contributed by atoms with van der Waals surface area (Å²) in [5, 5.41) is 2.60. The van der Waals surface area contributed by atoms with Gasteiger partial charge in [-0.25, -0.2) is 0 Å². The molecule has 5 aromatic rings. The van der Waals surface area contributed by atoms with E-state index >= 15 is 0 Å². The first kappa shape index (κ1) is 30.1. The van der Waals surface area contributed by atoms with Crippen LogP contribution in [-0.4, -0.2) is 36.4 Å². The summed E-state index contributed by atoms with van der Waals surface area (Å²) in [6.45, 7) is 4.37. The third kappa shape index (κ3) is 6.96. The van der Waals surface area contributed by atoms with Gasteiger partial charge in [-0.15, -0.1) is 0 Å². The minimum absolute atomic E-state index is 0.154. The third-order valence-corrected chi connectivity index (χ3v) is 13.0. The van der Waals surface area contributed by atoms with Gasteiger partial charge in [0.05, 0.1) is 0 Å². The number of hydrogen-bond acceptors (Lipinski definition) is 4. The number of fused-ring (bicyclic) bond motifs is 1. The van der Waals surface area contributed by atoms with Gasteiger partial charge in [0, 0.05) is 0 Å². The average molecular weight is 663 g/mol. The second-order valence-electron chi connectivity index (χ2n) is 10.3. The molecule has 0 aliphatic heterocycles. The number of para-hydroxylation sites is 1. The summed E-state index contributed by atoms with van der Waals surface area (Å²) in [5.74, 6) is 0. The van der Waals surface area contributed by atoms with Crippen molar-refractivity contribution in [2.24, 2.45) is 0 Å². The van der Waals surface area contributed by atoms with Crippen LogP contribution in [-0.2, 0) is 26.2 Å². The summed E-state index contributed by atoms with van der Waals surface area (Å²) >= 11 is -0.154. The topological polar surface area (TPSA) is 73.2 Å². The molecule has 8 heteroatoms. The van der Waals surface area contributed by atoms with Gasteiger partial charge in [-0.1, -0.05) is 0 Å². The Bertz CT molecular complexity index is 1930. The fourth-order valence-corrected chi connectivity index (χ4v) is 10.3. The van der Waals surface area contributed by atoms with E-state index in [9.17, 15) is 16.8 Å². The second kappa shape index (κ2) is 12.8. The van der Waals surface area contributed by atoms with Gasteiger partial charge < -0.3 is 0 Å². The normalized spacial score (nSPS) is 12.6. The number of sulfone groups is 2. The van der Waals surface area contributed by atoms with Crippen molar-refractivity contribution in [3.05, 3.63) is 130 Å². The number of nitrogens with zero attached hydrogens (tertiary/aromatic N) is 1. The predicted octanol–water partition coefficient (Wildman–Crippen LogP) is 6.61. The number of benzene rings is 4. The van der Waals surface area contributed by atoms with Crippen LogP contribution in [0.1, 0.15) is 30.4 Å². The van der Waals surface area contributed by atoms with E-state index in [-0.39, 0.29) is 24.9 Å². The van der Waals surface area contributed by atoms with Crippen molar-refractivity contribution in [3.8, 4) is 0 Å². The molecule has 0 radical (unpaired) electrons. The molecule has 5 nitrogen and oxygen atoms in total. The van der Waals surface area contributed by atoms with Gasteiger partial charge in [0.2, 0.25) is 0 Å². The van der Waals surface area contributed by atoms with Crippen molar-refractivity contribution in [1.29, 1.82) is 0 Å². The van der Waals surface area contributed by atoms with Gasteiger partial charge >= 0.3 is 249 Å². The quantitative estimate of drug-likeness (QED) is 0.118. The molecule has 0 atom stereocenters. The summed E-state index contributed by atoms with van der Waals surface area (Å²) in [6, 6.07) is 33.3. The minimum atomic E-state index is -3.72. The summed E-state index contributed by atoms with van der Waals surface area (Å²) < 4.78 is 57.8. The summed E-state index contributed by atoms with van der Waals surface area (Å²) in [7, 11) is -7.32. The molecule has 1 heterocycles. The Morgan fingerprint density at radius 1 is 0.714 bits per heavy atom. The Morgan fingerprint density at radius 3 is 1.98 bits per heavy atom. The Balaban J connectivity index is 1.39. The van der Waals surface area contributed by atoms with Crippen LogP contribution in [0.2, 0.25) is 0 Å². The van der Waals surface area contributed by atoms with Crippen molar-refractivity contribution in [1.82, 2.24) is 4.57 Å². The van der Waals surface area contributed by atoms with Crippen LogP contribution >= 0.6 is 0 Å². The maximum absolute atomic E-state index is 13.7. The SMILES string of the molecule is Cc1ccc(S(=O)(=O)/C=C(/CCCCn2c(S(=O)(=O)c3ccc(C)cc3)cc3ccccc32)[Se]c2ccccc2)cc1. The maximum atomic E-state index is 13.7. The number of rotatable bonds is 11.